The second-order valence-electron chi connectivity index (χ2n) is 12.0. The highest BCUT2D eigenvalue weighted by molar-refractivity contribution is 7.85. The van der Waals surface area contributed by atoms with Crippen molar-refractivity contribution in [3.63, 3.8) is 0 Å². The fourth-order valence-electron chi connectivity index (χ4n) is 7.23. The molecule has 0 heterocycles. The monoisotopic (exact) mass is 604 g/mol. The summed E-state index contributed by atoms with van der Waals surface area (Å²) < 4.78 is 15.4. The summed E-state index contributed by atoms with van der Waals surface area (Å²) in [5, 5.41) is 14.8. The van der Waals surface area contributed by atoms with Crippen molar-refractivity contribution in [1.29, 1.82) is 0 Å². The van der Waals surface area contributed by atoms with Crippen LogP contribution in [0.25, 0.3) is 65.0 Å². The normalized spacial score (nSPS) is 13.0. The summed E-state index contributed by atoms with van der Waals surface area (Å²) in [6, 6.07) is 61.6. The summed E-state index contributed by atoms with van der Waals surface area (Å²) in [6.07, 6.45) is 0. The van der Waals surface area contributed by atoms with Gasteiger partial charge in [-0.15, -0.1) is 0 Å². The van der Waals surface area contributed by atoms with Gasteiger partial charge in [-0.2, -0.15) is 0 Å². The van der Waals surface area contributed by atoms with E-state index < -0.39 is 7.14 Å². The zero-order valence-corrected chi connectivity index (χ0v) is 26.0. The maximum absolute atomic E-state index is 15.4. The van der Waals surface area contributed by atoms with Crippen LogP contribution in [0.15, 0.2) is 176 Å². The van der Waals surface area contributed by atoms with Gasteiger partial charge < -0.3 is 4.57 Å². The summed E-state index contributed by atoms with van der Waals surface area (Å²) in [7, 11) is -3.14. The van der Waals surface area contributed by atoms with Gasteiger partial charge in [0.2, 0.25) is 0 Å². The summed E-state index contributed by atoms with van der Waals surface area (Å²) in [5.74, 6) is 0. The van der Waals surface area contributed by atoms with Gasteiger partial charge >= 0.3 is 0 Å². The van der Waals surface area contributed by atoms with Crippen molar-refractivity contribution >= 4 is 76.9 Å². The minimum atomic E-state index is -3.14. The fourth-order valence-corrected chi connectivity index (χ4v) is 9.89. The van der Waals surface area contributed by atoms with Crippen LogP contribution in [0.5, 0.6) is 0 Å². The molecule has 0 saturated heterocycles. The Bertz CT molecular complexity index is 2650. The van der Waals surface area contributed by atoms with E-state index in [0.29, 0.717) is 0 Å². The summed E-state index contributed by atoms with van der Waals surface area (Å²) in [6.45, 7) is 0. The lowest BCUT2D eigenvalue weighted by molar-refractivity contribution is 0.592. The molecule has 0 amide bonds. The second-order valence-corrected chi connectivity index (χ2v) is 14.8. The molecule has 1 nitrogen and oxygen atoms in total. The van der Waals surface area contributed by atoms with E-state index in [1.165, 1.54) is 48.7 Å². The quantitative estimate of drug-likeness (QED) is 0.144. The van der Waals surface area contributed by atoms with Crippen LogP contribution >= 0.6 is 7.14 Å². The molecule has 46 heavy (non-hydrogen) atoms. The van der Waals surface area contributed by atoms with Crippen molar-refractivity contribution in [1.82, 2.24) is 0 Å². The molecule has 0 aromatic heterocycles. The molecule has 0 radical (unpaired) electrons. The SMILES string of the molecule is O=P(c1ccccc1)(c1ccc(-c2cc3ccccc3c3c2ccc2c4ccccc4ccc23)cc1)c1ccc2ccccc2c1. The highest BCUT2D eigenvalue weighted by Crippen LogP contribution is 2.44. The highest BCUT2D eigenvalue weighted by atomic mass is 31.2. The van der Waals surface area contributed by atoms with Crippen LogP contribution in [-0.2, 0) is 4.57 Å². The molecule has 0 N–H and O–H groups in total. The molecule has 9 aromatic rings. The molecule has 0 fully saturated rings. The van der Waals surface area contributed by atoms with E-state index in [2.05, 4.69) is 127 Å². The number of benzene rings is 9. The molecule has 0 bridgehead atoms. The molecule has 9 aromatic carbocycles. The van der Waals surface area contributed by atoms with Crippen molar-refractivity contribution in [2.45, 2.75) is 0 Å². The van der Waals surface area contributed by atoms with Gasteiger partial charge in [0.05, 0.1) is 0 Å². The number of rotatable bonds is 4. The predicted octanol–water partition coefficient (Wildman–Crippen LogP) is 10.8. The Morgan fingerprint density at radius 2 is 0.891 bits per heavy atom. The third-order valence-electron chi connectivity index (χ3n) is 9.50. The van der Waals surface area contributed by atoms with Crippen LogP contribution in [0.4, 0.5) is 0 Å². The van der Waals surface area contributed by atoms with Gasteiger partial charge in [0.1, 0.15) is 0 Å². The first-order valence-corrected chi connectivity index (χ1v) is 17.4. The van der Waals surface area contributed by atoms with E-state index in [4.69, 9.17) is 0 Å². The van der Waals surface area contributed by atoms with E-state index in [1.54, 1.807) is 0 Å². The van der Waals surface area contributed by atoms with Gasteiger partial charge in [-0.1, -0.05) is 164 Å². The zero-order chi connectivity index (χ0) is 30.7. The van der Waals surface area contributed by atoms with Gasteiger partial charge in [0.15, 0.2) is 7.14 Å². The Hall–Kier alpha value is -5.49. The second kappa shape index (κ2) is 10.6. The van der Waals surface area contributed by atoms with Crippen LogP contribution in [0.1, 0.15) is 0 Å². The average molecular weight is 605 g/mol. The van der Waals surface area contributed by atoms with Crippen molar-refractivity contribution in [2.75, 3.05) is 0 Å². The molecular formula is C44H29OP. The Labute approximate surface area is 267 Å². The van der Waals surface area contributed by atoms with Crippen molar-refractivity contribution in [2.24, 2.45) is 0 Å². The van der Waals surface area contributed by atoms with Gasteiger partial charge in [0.25, 0.3) is 0 Å². The maximum atomic E-state index is 15.4. The molecule has 0 spiro atoms. The van der Waals surface area contributed by atoms with E-state index in [-0.39, 0.29) is 0 Å². The first-order chi connectivity index (χ1) is 22.7. The molecular weight excluding hydrogens is 575 g/mol. The lowest BCUT2D eigenvalue weighted by atomic mass is 9.89. The summed E-state index contributed by atoms with van der Waals surface area (Å²) in [5.41, 5.74) is 2.29. The van der Waals surface area contributed by atoms with Crippen LogP contribution in [-0.4, -0.2) is 0 Å². The van der Waals surface area contributed by atoms with E-state index in [9.17, 15) is 0 Å². The van der Waals surface area contributed by atoms with Crippen LogP contribution in [0.3, 0.4) is 0 Å². The van der Waals surface area contributed by atoms with Crippen LogP contribution in [0, 0.1) is 0 Å². The van der Waals surface area contributed by atoms with Crippen molar-refractivity contribution < 1.29 is 4.57 Å². The first-order valence-electron chi connectivity index (χ1n) is 15.7. The van der Waals surface area contributed by atoms with Gasteiger partial charge in [-0.3, -0.25) is 0 Å². The molecule has 0 aliphatic rings. The molecule has 2 heteroatoms. The summed E-state index contributed by atoms with van der Waals surface area (Å²) in [4.78, 5) is 0. The Morgan fingerprint density at radius 3 is 1.70 bits per heavy atom. The maximum Gasteiger partial charge on any atom is 0.171 e. The lowest BCUT2D eigenvalue weighted by Crippen LogP contribution is -2.25. The molecule has 9 rings (SSSR count). The Kier molecular flexibility index (Phi) is 6.17. The lowest BCUT2D eigenvalue weighted by Gasteiger charge is -2.21. The molecule has 0 saturated carbocycles. The van der Waals surface area contributed by atoms with E-state index in [1.807, 2.05) is 48.5 Å². The van der Waals surface area contributed by atoms with E-state index >= 15 is 4.57 Å². The third kappa shape index (κ3) is 4.13. The molecule has 1 atom stereocenters. The van der Waals surface area contributed by atoms with Gasteiger partial charge in [0, 0.05) is 15.9 Å². The number of hydrogen-bond donors (Lipinski definition) is 0. The Balaban J connectivity index is 1.25. The first kappa shape index (κ1) is 26.9. The molecule has 216 valence electrons. The molecule has 1 unspecified atom stereocenters. The van der Waals surface area contributed by atoms with E-state index in [0.717, 1.165) is 32.2 Å². The third-order valence-corrected chi connectivity index (χ3v) is 12.6. The number of fused-ring (bicyclic) bond motifs is 8. The van der Waals surface area contributed by atoms with Crippen LogP contribution in [0.2, 0.25) is 0 Å². The highest BCUT2D eigenvalue weighted by Gasteiger charge is 2.30. The molecule has 0 aliphatic heterocycles. The van der Waals surface area contributed by atoms with Crippen molar-refractivity contribution in [3.05, 3.63) is 176 Å². The van der Waals surface area contributed by atoms with Crippen LogP contribution < -0.4 is 15.9 Å². The Morgan fingerprint density at radius 1 is 0.326 bits per heavy atom. The minimum Gasteiger partial charge on any atom is -0.309 e. The topological polar surface area (TPSA) is 17.1 Å². The zero-order valence-electron chi connectivity index (χ0n) is 25.1. The minimum absolute atomic E-state index is 0.833. The predicted molar refractivity (Wildman–Crippen MR) is 199 cm³/mol. The largest absolute Gasteiger partial charge is 0.309 e. The summed E-state index contributed by atoms with van der Waals surface area (Å²) >= 11 is 0. The van der Waals surface area contributed by atoms with Gasteiger partial charge in [-0.25, -0.2) is 0 Å². The standard InChI is InChI=1S/C44H29OP/c45-46(35-14-2-1-3-15-35,37-24-18-30-10-4-5-12-33(30)28-37)36-22-19-32(20-23-36)43-29-34-13-7-9-17-39(34)44-41-25-21-31-11-6-8-16-38(31)40(41)26-27-42(43)44/h1-29H. The van der Waals surface area contributed by atoms with Gasteiger partial charge in [-0.05, 0) is 77.1 Å². The average Bonchev–Trinajstić information content (AvgIpc) is 3.14. The fraction of sp³-hybridized carbons (Fsp3) is 0. The van der Waals surface area contributed by atoms with Crippen molar-refractivity contribution in [3.8, 4) is 11.1 Å². The molecule has 0 aliphatic carbocycles. The number of hydrogen-bond acceptors (Lipinski definition) is 1. The smallest absolute Gasteiger partial charge is 0.171 e.